The molecule has 12 heteroatoms. The standard InChI is InChI=1S/C21H26F3N5O4/c1-13-26-16(17(32-13)21(22,23)24)18(30)27-14-5-6-15(25-11-14)12-28-7-9-29(10-8-28)19(31)33-20(2,3)4/h5-6,11H,7-10,12H2,1-4H3,(H,27,30). The molecule has 1 aliphatic heterocycles. The van der Waals surface area contributed by atoms with E-state index in [2.05, 4.69) is 24.6 Å². The van der Waals surface area contributed by atoms with E-state index < -0.39 is 29.1 Å². The average Bonchev–Trinajstić information content (AvgIpc) is 3.11. The van der Waals surface area contributed by atoms with E-state index in [-0.39, 0.29) is 17.7 Å². The first kappa shape index (κ1) is 24.5. The van der Waals surface area contributed by atoms with Gasteiger partial charge in [0, 0.05) is 39.6 Å². The van der Waals surface area contributed by atoms with Gasteiger partial charge in [-0.25, -0.2) is 9.78 Å². The van der Waals surface area contributed by atoms with E-state index in [0.717, 1.165) is 0 Å². The summed E-state index contributed by atoms with van der Waals surface area (Å²) in [6.45, 7) is 9.56. The highest BCUT2D eigenvalue weighted by Gasteiger charge is 2.41. The highest BCUT2D eigenvalue weighted by Crippen LogP contribution is 2.33. The zero-order valence-electron chi connectivity index (χ0n) is 18.8. The van der Waals surface area contributed by atoms with Crippen molar-refractivity contribution in [1.82, 2.24) is 19.8 Å². The maximum atomic E-state index is 13.0. The Balaban J connectivity index is 1.53. The Kier molecular flexibility index (Phi) is 6.96. The van der Waals surface area contributed by atoms with Crippen molar-refractivity contribution in [3.05, 3.63) is 41.4 Å². The van der Waals surface area contributed by atoms with Gasteiger partial charge < -0.3 is 19.4 Å². The van der Waals surface area contributed by atoms with Crippen LogP contribution in [0, 0.1) is 6.92 Å². The Morgan fingerprint density at radius 3 is 2.36 bits per heavy atom. The molecule has 1 N–H and O–H groups in total. The molecule has 2 aromatic heterocycles. The first-order valence-electron chi connectivity index (χ1n) is 10.3. The third-order valence-corrected chi connectivity index (χ3v) is 4.70. The quantitative estimate of drug-likeness (QED) is 0.729. The lowest BCUT2D eigenvalue weighted by atomic mass is 10.2. The molecular formula is C21H26F3N5O4. The summed E-state index contributed by atoms with van der Waals surface area (Å²) in [5.74, 6) is -2.73. The van der Waals surface area contributed by atoms with Gasteiger partial charge in [-0.15, -0.1) is 0 Å². The van der Waals surface area contributed by atoms with Gasteiger partial charge in [0.1, 0.15) is 5.60 Å². The number of piperazine rings is 1. The molecule has 33 heavy (non-hydrogen) atoms. The smallest absolute Gasteiger partial charge is 0.444 e. The van der Waals surface area contributed by atoms with E-state index in [1.165, 1.54) is 13.1 Å². The zero-order valence-corrected chi connectivity index (χ0v) is 18.8. The fraction of sp³-hybridized carbons (Fsp3) is 0.524. The normalized spacial score (nSPS) is 15.4. The van der Waals surface area contributed by atoms with Crippen LogP contribution in [0.2, 0.25) is 0 Å². The summed E-state index contributed by atoms with van der Waals surface area (Å²) < 4.78 is 49.0. The number of alkyl halides is 3. The van der Waals surface area contributed by atoms with E-state index in [1.807, 2.05) is 20.8 Å². The first-order valence-corrected chi connectivity index (χ1v) is 10.3. The molecule has 3 rings (SSSR count). The largest absolute Gasteiger partial charge is 0.452 e. The summed E-state index contributed by atoms with van der Waals surface area (Å²) in [7, 11) is 0. The van der Waals surface area contributed by atoms with Gasteiger partial charge in [-0.1, -0.05) is 0 Å². The number of pyridine rings is 1. The number of ether oxygens (including phenoxy) is 1. The van der Waals surface area contributed by atoms with Gasteiger partial charge in [0.05, 0.1) is 17.6 Å². The number of amides is 2. The number of nitrogens with one attached hydrogen (secondary N) is 1. The second-order valence-corrected chi connectivity index (χ2v) is 8.64. The molecule has 1 saturated heterocycles. The minimum Gasteiger partial charge on any atom is -0.444 e. The highest BCUT2D eigenvalue weighted by atomic mass is 19.4. The number of oxazole rings is 1. The number of aromatic nitrogens is 2. The van der Waals surface area contributed by atoms with Crippen molar-refractivity contribution >= 4 is 17.7 Å². The number of aryl methyl sites for hydroxylation is 1. The molecule has 180 valence electrons. The van der Waals surface area contributed by atoms with Crippen LogP contribution in [0.3, 0.4) is 0 Å². The lowest BCUT2D eigenvalue weighted by Crippen LogP contribution is -2.49. The summed E-state index contributed by atoms with van der Waals surface area (Å²) >= 11 is 0. The molecule has 1 fully saturated rings. The van der Waals surface area contributed by atoms with Crippen LogP contribution in [-0.4, -0.2) is 63.5 Å². The Morgan fingerprint density at radius 2 is 1.82 bits per heavy atom. The molecular weight excluding hydrogens is 443 g/mol. The number of carbonyl (C=O) groups is 2. The van der Waals surface area contributed by atoms with E-state index >= 15 is 0 Å². The predicted molar refractivity (Wildman–Crippen MR) is 112 cm³/mol. The number of hydrogen-bond acceptors (Lipinski definition) is 7. The van der Waals surface area contributed by atoms with E-state index in [1.54, 1.807) is 17.0 Å². The maximum Gasteiger partial charge on any atom is 0.452 e. The Morgan fingerprint density at radius 1 is 1.15 bits per heavy atom. The monoisotopic (exact) mass is 469 g/mol. The average molecular weight is 469 g/mol. The van der Waals surface area contributed by atoms with Crippen molar-refractivity contribution in [3.63, 3.8) is 0 Å². The highest BCUT2D eigenvalue weighted by molar-refractivity contribution is 6.03. The molecule has 9 nitrogen and oxygen atoms in total. The van der Waals surface area contributed by atoms with Crippen molar-refractivity contribution in [2.24, 2.45) is 0 Å². The number of nitrogens with zero attached hydrogens (tertiary/aromatic N) is 4. The van der Waals surface area contributed by atoms with Crippen LogP contribution in [0.4, 0.5) is 23.7 Å². The predicted octanol–water partition coefficient (Wildman–Crippen LogP) is 3.70. The first-order chi connectivity index (χ1) is 15.3. The van der Waals surface area contributed by atoms with Crippen LogP contribution in [0.5, 0.6) is 0 Å². The van der Waals surface area contributed by atoms with Gasteiger partial charge in [0.15, 0.2) is 11.6 Å². The Hall–Kier alpha value is -3.15. The summed E-state index contributed by atoms with van der Waals surface area (Å²) in [4.78, 5) is 36.0. The molecule has 0 spiro atoms. The molecule has 0 bridgehead atoms. The number of carbonyl (C=O) groups excluding carboxylic acids is 2. The van der Waals surface area contributed by atoms with Crippen LogP contribution < -0.4 is 5.32 Å². The molecule has 0 radical (unpaired) electrons. The van der Waals surface area contributed by atoms with Crippen molar-refractivity contribution in [2.45, 2.75) is 46.0 Å². The van der Waals surface area contributed by atoms with Crippen molar-refractivity contribution < 1.29 is 31.9 Å². The zero-order chi connectivity index (χ0) is 24.4. The molecule has 1 aliphatic rings. The lowest BCUT2D eigenvalue weighted by molar-refractivity contribution is -0.153. The van der Waals surface area contributed by atoms with Crippen LogP contribution in [-0.2, 0) is 17.5 Å². The lowest BCUT2D eigenvalue weighted by Gasteiger charge is -2.35. The van der Waals surface area contributed by atoms with Crippen LogP contribution in [0.15, 0.2) is 22.7 Å². The number of rotatable bonds is 4. The van der Waals surface area contributed by atoms with Gasteiger partial charge in [-0.3, -0.25) is 14.7 Å². The van der Waals surface area contributed by atoms with Gasteiger partial charge in [-0.2, -0.15) is 13.2 Å². The molecule has 2 aromatic rings. The van der Waals surface area contributed by atoms with Gasteiger partial charge in [-0.05, 0) is 32.9 Å². The summed E-state index contributed by atoms with van der Waals surface area (Å²) in [6.07, 6.45) is -3.80. The summed E-state index contributed by atoms with van der Waals surface area (Å²) in [6, 6.07) is 3.23. The Bertz CT molecular complexity index is 991. The fourth-order valence-corrected chi connectivity index (χ4v) is 3.20. The molecule has 0 unspecified atom stereocenters. The number of anilines is 1. The van der Waals surface area contributed by atoms with E-state index in [9.17, 15) is 22.8 Å². The Labute approximate surface area is 188 Å². The maximum absolute atomic E-state index is 13.0. The topological polar surface area (TPSA) is 101 Å². The SMILES string of the molecule is Cc1nc(C(=O)Nc2ccc(CN3CCN(C(=O)OC(C)(C)C)CC3)nc2)c(C(F)(F)F)o1. The van der Waals surface area contributed by atoms with Crippen LogP contribution >= 0.6 is 0 Å². The minimum absolute atomic E-state index is 0.229. The summed E-state index contributed by atoms with van der Waals surface area (Å²) in [5.41, 5.74) is -0.429. The molecule has 0 aromatic carbocycles. The van der Waals surface area contributed by atoms with Crippen molar-refractivity contribution in [1.29, 1.82) is 0 Å². The van der Waals surface area contributed by atoms with Crippen molar-refractivity contribution in [2.75, 3.05) is 31.5 Å². The van der Waals surface area contributed by atoms with E-state index in [4.69, 9.17) is 4.74 Å². The van der Waals surface area contributed by atoms with Crippen LogP contribution in [0.1, 0.15) is 48.6 Å². The molecule has 0 atom stereocenters. The molecule has 0 aliphatic carbocycles. The second kappa shape index (κ2) is 9.38. The molecule has 3 heterocycles. The third kappa shape index (κ3) is 6.67. The minimum atomic E-state index is -4.83. The van der Waals surface area contributed by atoms with Gasteiger partial charge in [0.2, 0.25) is 5.76 Å². The fourth-order valence-electron chi connectivity index (χ4n) is 3.20. The molecule has 0 saturated carbocycles. The van der Waals surface area contributed by atoms with Gasteiger partial charge >= 0.3 is 12.3 Å². The van der Waals surface area contributed by atoms with E-state index in [0.29, 0.717) is 38.4 Å². The van der Waals surface area contributed by atoms with Gasteiger partial charge in [0.25, 0.3) is 5.91 Å². The third-order valence-electron chi connectivity index (χ3n) is 4.70. The molecule has 2 amide bonds. The number of hydrogen-bond donors (Lipinski definition) is 1. The number of halogens is 3. The summed E-state index contributed by atoms with van der Waals surface area (Å²) in [5, 5.41) is 2.36. The van der Waals surface area contributed by atoms with Crippen LogP contribution in [0.25, 0.3) is 0 Å². The second-order valence-electron chi connectivity index (χ2n) is 8.64. The van der Waals surface area contributed by atoms with Crippen molar-refractivity contribution in [3.8, 4) is 0 Å².